The van der Waals surface area contributed by atoms with E-state index in [-0.39, 0.29) is 5.91 Å². The van der Waals surface area contributed by atoms with Crippen molar-refractivity contribution in [2.24, 2.45) is 5.92 Å². The highest BCUT2D eigenvalue weighted by atomic mass is 16.4. The Kier molecular flexibility index (Phi) is 4.42. The first kappa shape index (κ1) is 15.3. The Morgan fingerprint density at radius 1 is 1.00 bits per heavy atom. The van der Waals surface area contributed by atoms with Crippen molar-refractivity contribution in [2.75, 3.05) is 13.1 Å². The molecule has 0 aliphatic carbocycles. The van der Waals surface area contributed by atoms with Crippen LogP contribution >= 0.6 is 0 Å². The number of benzene rings is 2. The van der Waals surface area contributed by atoms with E-state index >= 15 is 0 Å². The molecule has 3 rings (SSSR count). The molecule has 1 saturated heterocycles. The van der Waals surface area contributed by atoms with Gasteiger partial charge >= 0.3 is 5.97 Å². The molecule has 1 aliphatic heterocycles. The monoisotopic (exact) mass is 309 g/mol. The lowest BCUT2D eigenvalue weighted by molar-refractivity contribution is -0.141. The number of carboxylic acids is 1. The van der Waals surface area contributed by atoms with Crippen LogP contribution in [0.2, 0.25) is 0 Å². The normalized spacial score (nSPS) is 17.2. The zero-order valence-electron chi connectivity index (χ0n) is 12.8. The van der Waals surface area contributed by atoms with Gasteiger partial charge in [-0.1, -0.05) is 54.6 Å². The van der Waals surface area contributed by atoms with E-state index < -0.39 is 11.9 Å². The van der Waals surface area contributed by atoms with E-state index in [0.717, 1.165) is 16.7 Å². The van der Waals surface area contributed by atoms with Crippen LogP contribution in [0.1, 0.15) is 12.0 Å². The van der Waals surface area contributed by atoms with Crippen molar-refractivity contribution < 1.29 is 14.7 Å². The maximum Gasteiger partial charge on any atom is 0.308 e. The summed E-state index contributed by atoms with van der Waals surface area (Å²) in [7, 11) is 0. The molecule has 0 bridgehead atoms. The van der Waals surface area contributed by atoms with E-state index in [4.69, 9.17) is 5.11 Å². The van der Waals surface area contributed by atoms with Crippen molar-refractivity contribution in [3.8, 4) is 11.1 Å². The Morgan fingerprint density at radius 3 is 2.26 bits per heavy atom. The molecule has 1 N–H and O–H groups in total. The molecule has 23 heavy (non-hydrogen) atoms. The van der Waals surface area contributed by atoms with Gasteiger partial charge in [0, 0.05) is 13.1 Å². The van der Waals surface area contributed by atoms with Crippen molar-refractivity contribution in [3.05, 3.63) is 60.2 Å². The zero-order valence-corrected chi connectivity index (χ0v) is 12.8. The van der Waals surface area contributed by atoms with E-state index in [2.05, 4.69) is 12.1 Å². The molecule has 1 aliphatic rings. The standard InChI is InChI=1S/C19H19NO3/c21-18(20-11-10-17(13-20)19(22)23)12-14-6-8-16(9-7-14)15-4-2-1-3-5-15/h1-9,17H,10-13H2,(H,22,23)/t17-/m1/s1. The van der Waals surface area contributed by atoms with Gasteiger partial charge in [0.2, 0.25) is 5.91 Å². The molecule has 0 aromatic heterocycles. The molecule has 2 aromatic rings. The Balaban J connectivity index is 1.62. The van der Waals surface area contributed by atoms with Gasteiger partial charge in [0.15, 0.2) is 0 Å². The van der Waals surface area contributed by atoms with Crippen molar-refractivity contribution in [2.45, 2.75) is 12.8 Å². The first-order valence-electron chi connectivity index (χ1n) is 7.78. The number of likely N-dealkylation sites (tertiary alicyclic amines) is 1. The van der Waals surface area contributed by atoms with E-state index in [1.165, 1.54) is 0 Å². The van der Waals surface area contributed by atoms with Crippen molar-refractivity contribution in [1.29, 1.82) is 0 Å². The van der Waals surface area contributed by atoms with E-state index in [1.54, 1.807) is 4.90 Å². The molecule has 1 heterocycles. The van der Waals surface area contributed by atoms with Gasteiger partial charge in [-0.3, -0.25) is 9.59 Å². The van der Waals surface area contributed by atoms with Gasteiger partial charge in [-0.2, -0.15) is 0 Å². The number of nitrogens with zero attached hydrogens (tertiary/aromatic N) is 1. The highest BCUT2D eigenvalue weighted by Crippen LogP contribution is 2.21. The predicted molar refractivity (Wildman–Crippen MR) is 87.9 cm³/mol. The summed E-state index contributed by atoms with van der Waals surface area (Å²) in [5, 5.41) is 9.00. The molecule has 0 unspecified atom stereocenters. The molecular weight excluding hydrogens is 290 g/mol. The first-order valence-corrected chi connectivity index (χ1v) is 7.78. The van der Waals surface area contributed by atoms with Crippen LogP contribution in [-0.2, 0) is 16.0 Å². The zero-order chi connectivity index (χ0) is 16.2. The number of carboxylic acid groups (broad SMARTS) is 1. The fourth-order valence-corrected chi connectivity index (χ4v) is 2.92. The molecule has 1 atom stereocenters. The van der Waals surface area contributed by atoms with Gasteiger partial charge < -0.3 is 10.0 Å². The Bertz CT molecular complexity index is 694. The van der Waals surface area contributed by atoms with Crippen molar-refractivity contribution in [1.82, 2.24) is 4.90 Å². The summed E-state index contributed by atoms with van der Waals surface area (Å²) in [5.74, 6) is -1.23. The van der Waals surface area contributed by atoms with Crippen LogP contribution < -0.4 is 0 Å². The number of rotatable bonds is 4. The molecule has 4 nitrogen and oxygen atoms in total. The third kappa shape index (κ3) is 3.59. The second-order valence-electron chi connectivity index (χ2n) is 5.90. The number of aliphatic carboxylic acids is 1. The molecule has 1 amide bonds. The van der Waals surface area contributed by atoms with E-state index in [0.29, 0.717) is 25.9 Å². The lowest BCUT2D eigenvalue weighted by Gasteiger charge is -2.16. The van der Waals surface area contributed by atoms with E-state index in [9.17, 15) is 9.59 Å². The molecule has 0 spiro atoms. The summed E-state index contributed by atoms with van der Waals surface area (Å²) in [6.07, 6.45) is 0.870. The predicted octanol–water partition coefficient (Wildman–Crippen LogP) is 2.83. The quantitative estimate of drug-likeness (QED) is 0.945. The van der Waals surface area contributed by atoms with Crippen LogP contribution in [-0.4, -0.2) is 35.0 Å². The van der Waals surface area contributed by atoms with Crippen LogP contribution in [0, 0.1) is 5.92 Å². The highest BCUT2D eigenvalue weighted by molar-refractivity contribution is 5.81. The largest absolute Gasteiger partial charge is 0.481 e. The topological polar surface area (TPSA) is 57.6 Å². The first-order chi connectivity index (χ1) is 11.1. The summed E-state index contributed by atoms with van der Waals surface area (Å²) in [6, 6.07) is 18.0. The summed E-state index contributed by atoms with van der Waals surface area (Å²) < 4.78 is 0. The average molecular weight is 309 g/mol. The molecule has 0 radical (unpaired) electrons. The maximum atomic E-state index is 12.3. The minimum absolute atomic E-state index is 0.00112. The smallest absolute Gasteiger partial charge is 0.308 e. The minimum Gasteiger partial charge on any atom is -0.481 e. The molecule has 4 heteroatoms. The maximum absolute atomic E-state index is 12.3. The fourth-order valence-electron chi connectivity index (χ4n) is 2.92. The summed E-state index contributed by atoms with van der Waals surface area (Å²) in [6.45, 7) is 0.869. The van der Waals surface area contributed by atoms with Crippen molar-refractivity contribution in [3.63, 3.8) is 0 Å². The lowest BCUT2D eigenvalue weighted by atomic mass is 10.0. The van der Waals surface area contributed by atoms with Crippen molar-refractivity contribution >= 4 is 11.9 Å². The van der Waals surface area contributed by atoms with Gasteiger partial charge in [-0.15, -0.1) is 0 Å². The number of hydrogen-bond donors (Lipinski definition) is 1. The van der Waals surface area contributed by atoms with Crippen LogP contribution in [0.5, 0.6) is 0 Å². The molecule has 1 fully saturated rings. The molecular formula is C19H19NO3. The fraction of sp³-hybridized carbons (Fsp3) is 0.263. The second-order valence-corrected chi connectivity index (χ2v) is 5.90. The highest BCUT2D eigenvalue weighted by Gasteiger charge is 2.30. The summed E-state index contributed by atoms with van der Waals surface area (Å²) in [5.41, 5.74) is 3.22. The minimum atomic E-state index is -0.812. The number of carbonyl (C=O) groups excluding carboxylic acids is 1. The third-order valence-corrected chi connectivity index (χ3v) is 4.31. The van der Waals surface area contributed by atoms with Crippen LogP contribution in [0.15, 0.2) is 54.6 Å². The SMILES string of the molecule is O=C(O)[C@@H]1CCN(C(=O)Cc2ccc(-c3ccccc3)cc2)C1. The van der Waals surface area contributed by atoms with Gasteiger partial charge in [0.25, 0.3) is 0 Å². The second kappa shape index (κ2) is 6.65. The van der Waals surface area contributed by atoms with Gasteiger partial charge in [0.1, 0.15) is 0 Å². The van der Waals surface area contributed by atoms with Crippen LogP contribution in [0.4, 0.5) is 0 Å². The lowest BCUT2D eigenvalue weighted by Crippen LogP contribution is -2.31. The van der Waals surface area contributed by atoms with Gasteiger partial charge in [0.05, 0.1) is 12.3 Å². The van der Waals surface area contributed by atoms with Crippen LogP contribution in [0.25, 0.3) is 11.1 Å². The third-order valence-electron chi connectivity index (χ3n) is 4.31. The Morgan fingerprint density at radius 2 is 1.65 bits per heavy atom. The summed E-state index contributed by atoms with van der Waals surface area (Å²) >= 11 is 0. The Labute approximate surface area is 135 Å². The summed E-state index contributed by atoms with van der Waals surface area (Å²) in [4.78, 5) is 24.9. The Hall–Kier alpha value is -2.62. The number of amides is 1. The van der Waals surface area contributed by atoms with E-state index in [1.807, 2.05) is 42.5 Å². The number of carbonyl (C=O) groups is 2. The molecule has 118 valence electrons. The van der Waals surface area contributed by atoms with Gasteiger partial charge in [-0.25, -0.2) is 0 Å². The molecule has 2 aromatic carbocycles. The molecule has 0 saturated carbocycles. The number of hydrogen-bond acceptors (Lipinski definition) is 2. The average Bonchev–Trinajstić information content (AvgIpc) is 3.07. The van der Waals surface area contributed by atoms with Gasteiger partial charge in [-0.05, 0) is 23.1 Å². The van der Waals surface area contributed by atoms with Crippen LogP contribution in [0.3, 0.4) is 0 Å².